The van der Waals surface area contributed by atoms with Crippen LogP contribution in [0.1, 0.15) is 37.2 Å². The molecule has 6 nitrogen and oxygen atoms in total. The second kappa shape index (κ2) is 8.89. The van der Waals surface area contributed by atoms with Crippen LogP contribution in [0, 0.1) is 0 Å². The quantitative estimate of drug-likeness (QED) is 0.781. The predicted octanol–water partition coefficient (Wildman–Crippen LogP) is 3.14. The third-order valence-electron chi connectivity index (χ3n) is 4.31. The molecule has 1 aliphatic rings. The summed E-state index contributed by atoms with van der Waals surface area (Å²) in [5.74, 6) is 0.853. The Bertz CT molecular complexity index is 694. The minimum atomic E-state index is -0.196. The van der Waals surface area contributed by atoms with E-state index in [0.29, 0.717) is 11.5 Å². The smallest absolute Gasteiger partial charge is 0.244 e. The number of amides is 2. The first-order valence-electron chi connectivity index (χ1n) is 8.75. The van der Waals surface area contributed by atoms with Crippen molar-refractivity contribution < 1.29 is 18.4 Å². The zero-order valence-corrected chi connectivity index (χ0v) is 14.4. The molecule has 2 atom stereocenters. The minimum Gasteiger partial charge on any atom is -0.465 e. The van der Waals surface area contributed by atoms with E-state index < -0.39 is 0 Å². The van der Waals surface area contributed by atoms with Gasteiger partial charge in [0, 0.05) is 24.2 Å². The lowest BCUT2D eigenvalue weighted by molar-refractivity contribution is -0.120. The van der Waals surface area contributed by atoms with E-state index in [9.17, 15) is 9.59 Å². The maximum atomic E-state index is 12.1. The summed E-state index contributed by atoms with van der Waals surface area (Å²) in [6.45, 7) is 0. The fourth-order valence-electron chi connectivity index (χ4n) is 3.03. The molecule has 2 aromatic rings. The monoisotopic (exact) mass is 354 g/mol. The van der Waals surface area contributed by atoms with E-state index in [1.807, 2.05) is 0 Å². The first-order chi connectivity index (χ1) is 12.7. The first kappa shape index (κ1) is 17.8. The van der Waals surface area contributed by atoms with Crippen LogP contribution in [0.15, 0.2) is 57.8 Å². The van der Waals surface area contributed by atoms with Crippen LogP contribution in [-0.4, -0.2) is 23.9 Å². The van der Waals surface area contributed by atoms with Crippen molar-refractivity contribution in [1.29, 1.82) is 0 Å². The number of furan rings is 2. The van der Waals surface area contributed by atoms with Gasteiger partial charge in [0.05, 0.1) is 12.5 Å². The van der Waals surface area contributed by atoms with Gasteiger partial charge in [-0.25, -0.2) is 0 Å². The van der Waals surface area contributed by atoms with E-state index in [2.05, 4.69) is 10.6 Å². The van der Waals surface area contributed by atoms with Crippen molar-refractivity contribution in [3.8, 4) is 0 Å². The molecule has 1 fully saturated rings. The zero-order chi connectivity index (χ0) is 18.2. The van der Waals surface area contributed by atoms with Crippen molar-refractivity contribution in [3.05, 3.63) is 60.5 Å². The van der Waals surface area contributed by atoms with Gasteiger partial charge in [0.25, 0.3) is 0 Å². The van der Waals surface area contributed by atoms with Gasteiger partial charge >= 0.3 is 0 Å². The highest BCUT2D eigenvalue weighted by molar-refractivity contribution is 5.92. The molecule has 2 aromatic heterocycles. The van der Waals surface area contributed by atoms with E-state index in [1.165, 1.54) is 12.2 Å². The molecule has 136 valence electrons. The SMILES string of the molecule is O=C(/C=C/c1ccco1)N[C@H]1CCCC[C@H]1NC(=O)/C=C/c1ccco1. The van der Waals surface area contributed by atoms with Gasteiger partial charge in [-0.2, -0.15) is 0 Å². The summed E-state index contributed by atoms with van der Waals surface area (Å²) in [6, 6.07) is 6.91. The molecular formula is C20H22N2O4. The minimum absolute atomic E-state index is 0.0848. The fourth-order valence-corrected chi connectivity index (χ4v) is 3.03. The van der Waals surface area contributed by atoms with E-state index in [4.69, 9.17) is 8.83 Å². The molecule has 0 aliphatic heterocycles. The lowest BCUT2D eigenvalue weighted by atomic mass is 9.90. The maximum Gasteiger partial charge on any atom is 0.244 e. The van der Waals surface area contributed by atoms with Crippen molar-refractivity contribution >= 4 is 24.0 Å². The Morgan fingerprint density at radius 2 is 1.31 bits per heavy atom. The zero-order valence-electron chi connectivity index (χ0n) is 14.4. The Morgan fingerprint density at radius 1 is 0.846 bits per heavy atom. The molecule has 1 aliphatic carbocycles. The molecule has 3 rings (SSSR count). The second-order valence-corrected chi connectivity index (χ2v) is 6.21. The van der Waals surface area contributed by atoms with Crippen LogP contribution in [0.25, 0.3) is 12.2 Å². The molecule has 2 heterocycles. The topological polar surface area (TPSA) is 84.5 Å². The van der Waals surface area contributed by atoms with Gasteiger partial charge in [-0.05, 0) is 49.3 Å². The van der Waals surface area contributed by atoms with E-state index in [0.717, 1.165) is 25.7 Å². The molecule has 0 bridgehead atoms. The van der Waals surface area contributed by atoms with Gasteiger partial charge in [-0.3, -0.25) is 9.59 Å². The summed E-state index contributed by atoms with van der Waals surface area (Å²) in [4.78, 5) is 24.3. The fraction of sp³-hybridized carbons (Fsp3) is 0.300. The molecule has 2 N–H and O–H groups in total. The summed E-state index contributed by atoms with van der Waals surface area (Å²) in [7, 11) is 0. The lowest BCUT2D eigenvalue weighted by Crippen LogP contribution is -2.52. The third-order valence-corrected chi connectivity index (χ3v) is 4.31. The molecule has 0 spiro atoms. The molecule has 0 saturated heterocycles. The summed E-state index contributed by atoms with van der Waals surface area (Å²) in [5, 5.41) is 5.96. The lowest BCUT2D eigenvalue weighted by Gasteiger charge is -2.32. The average Bonchev–Trinajstić information content (AvgIpc) is 3.34. The highest BCUT2D eigenvalue weighted by atomic mass is 16.3. The first-order valence-corrected chi connectivity index (χ1v) is 8.75. The Kier molecular flexibility index (Phi) is 6.09. The molecule has 6 heteroatoms. The predicted molar refractivity (Wildman–Crippen MR) is 97.8 cm³/mol. The van der Waals surface area contributed by atoms with Crippen LogP contribution < -0.4 is 10.6 Å². The number of carbonyl (C=O) groups excluding carboxylic acids is 2. The highest BCUT2D eigenvalue weighted by Crippen LogP contribution is 2.19. The van der Waals surface area contributed by atoms with Gasteiger partial charge < -0.3 is 19.5 Å². The Balaban J connectivity index is 1.53. The largest absolute Gasteiger partial charge is 0.465 e. The van der Waals surface area contributed by atoms with Crippen molar-refractivity contribution in [2.75, 3.05) is 0 Å². The molecule has 26 heavy (non-hydrogen) atoms. The van der Waals surface area contributed by atoms with Gasteiger partial charge in [0.1, 0.15) is 11.5 Å². The summed E-state index contributed by atoms with van der Waals surface area (Å²) in [6.07, 6.45) is 13.0. The van der Waals surface area contributed by atoms with E-state index in [1.54, 1.807) is 48.9 Å². The molecular weight excluding hydrogens is 332 g/mol. The molecule has 0 unspecified atom stereocenters. The van der Waals surface area contributed by atoms with Gasteiger partial charge in [-0.15, -0.1) is 0 Å². The summed E-state index contributed by atoms with van der Waals surface area (Å²) in [5.41, 5.74) is 0. The highest BCUT2D eigenvalue weighted by Gasteiger charge is 2.26. The molecule has 1 saturated carbocycles. The van der Waals surface area contributed by atoms with E-state index in [-0.39, 0.29) is 23.9 Å². The second-order valence-electron chi connectivity index (χ2n) is 6.21. The molecule has 2 amide bonds. The van der Waals surface area contributed by atoms with Crippen LogP contribution in [-0.2, 0) is 9.59 Å². The third kappa shape index (κ3) is 5.24. The number of rotatable bonds is 6. The molecule has 0 aromatic carbocycles. The number of carbonyl (C=O) groups is 2. The van der Waals surface area contributed by atoms with Crippen LogP contribution in [0.4, 0.5) is 0 Å². The van der Waals surface area contributed by atoms with Gasteiger partial charge in [-0.1, -0.05) is 12.8 Å². The summed E-state index contributed by atoms with van der Waals surface area (Å²) < 4.78 is 10.3. The van der Waals surface area contributed by atoms with Crippen LogP contribution >= 0.6 is 0 Å². The maximum absolute atomic E-state index is 12.1. The van der Waals surface area contributed by atoms with E-state index >= 15 is 0 Å². The number of nitrogens with one attached hydrogen (secondary N) is 2. The van der Waals surface area contributed by atoms with Gasteiger partial charge in [0.15, 0.2) is 0 Å². The van der Waals surface area contributed by atoms with Crippen LogP contribution in [0.2, 0.25) is 0 Å². The summed E-state index contributed by atoms with van der Waals surface area (Å²) >= 11 is 0. The normalized spacial score (nSPS) is 20.5. The average molecular weight is 354 g/mol. The molecule has 0 radical (unpaired) electrons. The van der Waals surface area contributed by atoms with Crippen molar-refractivity contribution in [3.63, 3.8) is 0 Å². The standard InChI is InChI=1S/C20H22N2O4/c23-19(11-9-15-5-3-13-25-15)21-17-7-1-2-8-18(17)22-20(24)12-10-16-6-4-14-26-16/h3-6,9-14,17-18H,1-2,7-8H2,(H,21,23)(H,22,24)/b11-9+,12-10+/t17-,18+. The number of hydrogen-bond donors (Lipinski definition) is 2. The van der Waals surface area contributed by atoms with Crippen molar-refractivity contribution in [1.82, 2.24) is 10.6 Å². The van der Waals surface area contributed by atoms with Crippen LogP contribution in [0.3, 0.4) is 0 Å². The Morgan fingerprint density at radius 3 is 1.69 bits per heavy atom. The van der Waals surface area contributed by atoms with Gasteiger partial charge in [0.2, 0.25) is 11.8 Å². The van der Waals surface area contributed by atoms with Crippen molar-refractivity contribution in [2.45, 2.75) is 37.8 Å². The number of hydrogen-bond acceptors (Lipinski definition) is 4. The Hall–Kier alpha value is -3.02. The van der Waals surface area contributed by atoms with Crippen molar-refractivity contribution in [2.24, 2.45) is 0 Å². The van der Waals surface area contributed by atoms with Crippen LogP contribution in [0.5, 0.6) is 0 Å². The Labute approximate surface area is 151 Å².